The standard InChI is InChI=1S/C57H102O5/c1-4-7-10-13-16-19-22-25-28-29-31-32-35-38-41-44-47-50-56(58)61-54-55(53-60-52-49-46-43-40-37-34-27-24-21-18-15-12-9-6-3)62-57(59)51-48-45-42-39-36-33-30-26-23-20-17-14-11-8-5-2/h9,12,18,21,25-28,30,34,55H,4-8,10-11,13-17,19-20,22-24,29,31-33,35-54H2,1-3H3/b12-9-,21-18-,28-25-,30-26-,34-27-. The topological polar surface area (TPSA) is 61.8 Å². The highest BCUT2D eigenvalue weighted by Crippen LogP contribution is 2.14. The minimum Gasteiger partial charge on any atom is -0.462 e. The van der Waals surface area contributed by atoms with E-state index in [2.05, 4.69) is 81.5 Å². The summed E-state index contributed by atoms with van der Waals surface area (Å²) < 4.78 is 17.4. The Balaban J connectivity index is 4.30. The summed E-state index contributed by atoms with van der Waals surface area (Å²) in [4.78, 5) is 25.4. The maximum atomic E-state index is 12.8. The Hall–Kier alpha value is -2.40. The monoisotopic (exact) mass is 867 g/mol. The Labute approximate surface area is 385 Å². The van der Waals surface area contributed by atoms with Crippen LogP contribution in [0.4, 0.5) is 0 Å². The van der Waals surface area contributed by atoms with Gasteiger partial charge in [-0.2, -0.15) is 0 Å². The normalized spacial score (nSPS) is 12.6. The lowest BCUT2D eigenvalue weighted by Crippen LogP contribution is -2.30. The fraction of sp³-hybridized carbons (Fsp3) is 0.789. The summed E-state index contributed by atoms with van der Waals surface area (Å²) in [6.45, 7) is 7.67. The van der Waals surface area contributed by atoms with Crippen LogP contribution in [0.25, 0.3) is 0 Å². The first-order valence-electron chi connectivity index (χ1n) is 26.8. The number of esters is 2. The summed E-state index contributed by atoms with van der Waals surface area (Å²) in [5, 5.41) is 0. The van der Waals surface area contributed by atoms with E-state index < -0.39 is 6.10 Å². The number of hydrogen-bond donors (Lipinski definition) is 0. The molecule has 0 aromatic heterocycles. The van der Waals surface area contributed by atoms with Crippen LogP contribution >= 0.6 is 0 Å². The molecule has 0 aliphatic rings. The number of ether oxygens (including phenoxy) is 3. The molecule has 0 aromatic rings. The average molecular weight is 867 g/mol. The van der Waals surface area contributed by atoms with Crippen molar-refractivity contribution in [1.29, 1.82) is 0 Å². The number of unbranched alkanes of at least 4 members (excludes halogenated alkanes) is 28. The second-order valence-electron chi connectivity index (χ2n) is 17.7. The first kappa shape index (κ1) is 59.6. The molecule has 360 valence electrons. The van der Waals surface area contributed by atoms with E-state index in [1.165, 1.54) is 148 Å². The fourth-order valence-corrected chi connectivity index (χ4v) is 7.51. The van der Waals surface area contributed by atoms with Crippen LogP contribution in [0.3, 0.4) is 0 Å². The van der Waals surface area contributed by atoms with Gasteiger partial charge in [0.15, 0.2) is 6.10 Å². The smallest absolute Gasteiger partial charge is 0.306 e. The minimum absolute atomic E-state index is 0.0708. The highest BCUT2D eigenvalue weighted by Gasteiger charge is 2.17. The van der Waals surface area contributed by atoms with Crippen molar-refractivity contribution in [2.45, 2.75) is 271 Å². The van der Waals surface area contributed by atoms with Crippen molar-refractivity contribution in [2.24, 2.45) is 0 Å². The number of rotatable bonds is 49. The number of carbonyl (C=O) groups is 2. The Morgan fingerprint density at radius 1 is 0.371 bits per heavy atom. The molecule has 0 fully saturated rings. The van der Waals surface area contributed by atoms with Crippen molar-refractivity contribution in [3.05, 3.63) is 60.8 Å². The van der Waals surface area contributed by atoms with E-state index in [1.807, 2.05) is 0 Å². The van der Waals surface area contributed by atoms with Crippen molar-refractivity contribution >= 4 is 11.9 Å². The van der Waals surface area contributed by atoms with Gasteiger partial charge in [0, 0.05) is 19.4 Å². The van der Waals surface area contributed by atoms with Crippen LogP contribution in [0.1, 0.15) is 265 Å². The SMILES string of the molecule is CC/C=C\C/C=C\C/C=C\CCCCCCOCC(COC(=O)CCCCCCCCC/C=C\CCCCCCCC)OC(=O)CCCCCCC/C=C\CCCCCCCC. The maximum Gasteiger partial charge on any atom is 0.306 e. The van der Waals surface area contributed by atoms with Gasteiger partial charge in [-0.05, 0) is 103 Å². The van der Waals surface area contributed by atoms with Crippen molar-refractivity contribution in [1.82, 2.24) is 0 Å². The highest BCUT2D eigenvalue weighted by atomic mass is 16.6. The Morgan fingerprint density at radius 3 is 1.18 bits per heavy atom. The van der Waals surface area contributed by atoms with Gasteiger partial charge in [-0.1, -0.05) is 210 Å². The molecule has 0 rings (SSSR count). The highest BCUT2D eigenvalue weighted by molar-refractivity contribution is 5.70. The summed E-state index contributed by atoms with van der Waals surface area (Å²) in [5.74, 6) is -0.418. The third-order valence-electron chi connectivity index (χ3n) is 11.5. The molecule has 1 atom stereocenters. The molecule has 0 aliphatic heterocycles. The van der Waals surface area contributed by atoms with Gasteiger partial charge in [0.05, 0.1) is 6.61 Å². The molecule has 0 heterocycles. The summed E-state index contributed by atoms with van der Waals surface area (Å²) >= 11 is 0. The van der Waals surface area contributed by atoms with E-state index >= 15 is 0 Å². The van der Waals surface area contributed by atoms with Gasteiger partial charge in [-0.25, -0.2) is 0 Å². The third kappa shape index (κ3) is 50.2. The molecule has 0 amide bonds. The van der Waals surface area contributed by atoms with E-state index in [0.717, 1.165) is 83.5 Å². The van der Waals surface area contributed by atoms with E-state index in [1.54, 1.807) is 0 Å². The molecule has 5 heteroatoms. The fourth-order valence-electron chi connectivity index (χ4n) is 7.51. The molecule has 0 spiro atoms. The third-order valence-corrected chi connectivity index (χ3v) is 11.5. The molecule has 0 aromatic carbocycles. The molecule has 0 bridgehead atoms. The maximum absolute atomic E-state index is 12.8. The van der Waals surface area contributed by atoms with Gasteiger partial charge in [0.25, 0.3) is 0 Å². The van der Waals surface area contributed by atoms with E-state index in [9.17, 15) is 9.59 Å². The van der Waals surface area contributed by atoms with Crippen LogP contribution in [-0.4, -0.2) is 37.9 Å². The molecule has 0 N–H and O–H groups in total. The minimum atomic E-state index is -0.554. The lowest BCUT2D eigenvalue weighted by molar-refractivity contribution is -0.163. The van der Waals surface area contributed by atoms with Crippen molar-refractivity contribution in [2.75, 3.05) is 19.8 Å². The zero-order valence-corrected chi connectivity index (χ0v) is 41.4. The number of hydrogen-bond acceptors (Lipinski definition) is 5. The second kappa shape index (κ2) is 52.9. The van der Waals surface area contributed by atoms with Crippen molar-refractivity contribution in [3.63, 3.8) is 0 Å². The predicted octanol–water partition coefficient (Wildman–Crippen LogP) is 18.1. The Bertz CT molecular complexity index is 1070. The van der Waals surface area contributed by atoms with Gasteiger partial charge >= 0.3 is 11.9 Å². The van der Waals surface area contributed by atoms with Crippen LogP contribution < -0.4 is 0 Å². The van der Waals surface area contributed by atoms with Crippen molar-refractivity contribution in [3.8, 4) is 0 Å². The van der Waals surface area contributed by atoms with Gasteiger partial charge in [-0.15, -0.1) is 0 Å². The van der Waals surface area contributed by atoms with Crippen molar-refractivity contribution < 1.29 is 23.8 Å². The molecular weight excluding hydrogens is 765 g/mol. The predicted molar refractivity (Wildman–Crippen MR) is 270 cm³/mol. The quantitative estimate of drug-likeness (QED) is 0.0346. The molecule has 1 unspecified atom stereocenters. The molecule has 5 nitrogen and oxygen atoms in total. The molecule has 0 radical (unpaired) electrons. The molecule has 62 heavy (non-hydrogen) atoms. The van der Waals surface area contributed by atoms with Crippen LogP contribution in [0, 0.1) is 0 Å². The summed E-state index contributed by atoms with van der Waals surface area (Å²) in [6, 6.07) is 0. The zero-order valence-electron chi connectivity index (χ0n) is 41.4. The first-order valence-corrected chi connectivity index (χ1v) is 26.8. The van der Waals surface area contributed by atoms with Gasteiger partial charge < -0.3 is 14.2 Å². The Kier molecular flexibility index (Phi) is 50.9. The summed E-state index contributed by atoms with van der Waals surface area (Å²) in [5.41, 5.74) is 0. The molecule has 0 saturated carbocycles. The number of allylic oxidation sites excluding steroid dienone is 10. The second-order valence-corrected chi connectivity index (χ2v) is 17.7. The average Bonchev–Trinajstić information content (AvgIpc) is 3.27. The molecule has 0 aliphatic carbocycles. The molecule has 0 saturated heterocycles. The van der Waals surface area contributed by atoms with Crippen LogP contribution in [0.2, 0.25) is 0 Å². The summed E-state index contributed by atoms with van der Waals surface area (Å²) in [7, 11) is 0. The zero-order chi connectivity index (χ0) is 44.9. The lowest BCUT2D eigenvalue weighted by Gasteiger charge is -2.18. The summed E-state index contributed by atoms with van der Waals surface area (Å²) in [6.07, 6.45) is 66.6. The van der Waals surface area contributed by atoms with E-state index in [4.69, 9.17) is 14.2 Å². The molecular formula is C57H102O5. The largest absolute Gasteiger partial charge is 0.462 e. The van der Waals surface area contributed by atoms with Crippen LogP contribution in [0.5, 0.6) is 0 Å². The van der Waals surface area contributed by atoms with Gasteiger partial charge in [0.2, 0.25) is 0 Å². The Morgan fingerprint density at radius 2 is 0.726 bits per heavy atom. The van der Waals surface area contributed by atoms with Gasteiger partial charge in [-0.3, -0.25) is 9.59 Å². The lowest BCUT2D eigenvalue weighted by atomic mass is 10.1. The first-order chi connectivity index (χ1) is 30.6. The van der Waals surface area contributed by atoms with Crippen LogP contribution in [0.15, 0.2) is 60.8 Å². The van der Waals surface area contributed by atoms with Gasteiger partial charge in [0.1, 0.15) is 6.61 Å². The van der Waals surface area contributed by atoms with Crippen LogP contribution in [-0.2, 0) is 23.8 Å². The van der Waals surface area contributed by atoms with E-state index in [-0.39, 0.29) is 25.2 Å². The van der Waals surface area contributed by atoms with E-state index in [0.29, 0.717) is 19.4 Å². The number of carbonyl (C=O) groups excluding carboxylic acids is 2.